The van der Waals surface area contributed by atoms with E-state index >= 15 is 0 Å². The summed E-state index contributed by atoms with van der Waals surface area (Å²) in [7, 11) is 0. The maximum absolute atomic E-state index is 9.31. The molecule has 6 nitrogen and oxygen atoms in total. The van der Waals surface area contributed by atoms with Crippen LogP contribution in [0.15, 0.2) is 12.3 Å². The number of ether oxygens (including phenoxy) is 1. The van der Waals surface area contributed by atoms with Crippen molar-refractivity contribution in [3.05, 3.63) is 12.3 Å². The lowest BCUT2D eigenvalue weighted by Gasteiger charge is -2.35. The summed E-state index contributed by atoms with van der Waals surface area (Å²) >= 11 is 0. The second-order valence-corrected chi connectivity index (χ2v) is 3.87. The number of aliphatic hydroxyl groups is 1. The fourth-order valence-corrected chi connectivity index (χ4v) is 1.86. The Hall–Kier alpha value is -1.40. The molecular formula is C11H18N4O2. The summed E-state index contributed by atoms with van der Waals surface area (Å²) in [6.45, 7) is 4.81. The van der Waals surface area contributed by atoms with Gasteiger partial charge >= 0.3 is 0 Å². The van der Waals surface area contributed by atoms with Gasteiger partial charge in [-0.25, -0.2) is 4.98 Å². The Kier molecular flexibility index (Phi) is 4.11. The first-order chi connectivity index (χ1) is 8.35. The molecule has 2 heterocycles. The number of anilines is 2. The van der Waals surface area contributed by atoms with Gasteiger partial charge in [-0.15, -0.1) is 0 Å². The summed E-state index contributed by atoms with van der Waals surface area (Å²) < 4.78 is 5.34. The number of nitrogens with zero attached hydrogens (tertiary/aromatic N) is 3. The number of rotatable bonds is 4. The predicted molar refractivity (Wildman–Crippen MR) is 65.2 cm³/mol. The van der Waals surface area contributed by atoms with Crippen LogP contribution in [0.2, 0.25) is 0 Å². The zero-order chi connectivity index (χ0) is 12.1. The molecule has 1 aromatic heterocycles. The van der Waals surface area contributed by atoms with Crippen molar-refractivity contribution in [2.24, 2.45) is 0 Å². The van der Waals surface area contributed by atoms with Gasteiger partial charge in [-0.05, 0) is 13.0 Å². The third-order valence-electron chi connectivity index (χ3n) is 2.71. The molecule has 94 valence electrons. The lowest BCUT2D eigenvalue weighted by Crippen LogP contribution is -2.48. The van der Waals surface area contributed by atoms with Crippen LogP contribution >= 0.6 is 0 Å². The Balaban J connectivity index is 2.16. The van der Waals surface area contributed by atoms with Crippen molar-refractivity contribution in [1.29, 1.82) is 0 Å². The molecule has 1 fully saturated rings. The SMILES string of the molecule is CCNc1nccc(N2CCOCC2CO)n1. The highest BCUT2D eigenvalue weighted by molar-refractivity contribution is 5.44. The predicted octanol–water partition coefficient (Wildman–Crippen LogP) is 0.106. The molecule has 1 aliphatic rings. The number of nitrogens with one attached hydrogen (secondary N) is 1. The molecule has 0 radical (unpaired) electrons. The Labute approximate surface area is 101 Å². The first kappa shape index (κ1) is 12.1. The lowest BCUT2D eigenvalue weighted by atomic mass is 10.2. The first-order valence-electron chi connectivity index (χ1n) is 5.87. The quantitative estimate of drug-likeness (QED) is 0.775. The molecule has 1 atom stereocenters. The minimum atomic E-state index is -0.0203. The molecule has 0 aromatic carbocycles. The van der Waals surface area contributed by atoms with Crippen LogP contribution in [-0.4, -0.2) is 54.0 Å². The molecule has 0 amide bonds. The second-order valence-electron chi connectivity index (χ2n) is 3.87. The summed E-state index contributed by atoms with van der Waals surface area (Å²) in [5.41, 5.74) is 0. The number of aromatic nitrogens is 2. The van der Waals surface area contributed by atoms with E-state index in [-0.39, 0.29) is 12.6 Å². The van der Waals surface area contributed by atoms with Crippen LogP contribution in [-0.2, 0) is 4.74 Å². The highest BCUT2D eigenvalue weighted by atomic mass is 16.5. The molecule has 2 rings (SSSR count). The summed E-state index contributed by atoms with van der Waals surface area (Å²) in [6.07, 6.45) is 1.73. The van der Waals surface area contributed by atoms with Crippen molar-refractivity contribution in [1.82, 2.24) is 9.97 Å². The summed E-state index contributed by atoms with van der Waals surface area (Å²) in [6, 6.07) is 1.84. The van der Waals surface area contributed by atoms with Crippen molar-refractivity contribution >= 4 is 11.8 Å². The second kappa shape index (κ2) is 5.79. The average Bonchev–Trinajstić information content (AvgIpc) is 2.39. The van der Waals surface area contributed by atoms with Gasteiger partial charge in [0.25, 0.3) is 0 Å². The van der Waals surface area contributed by atoms with Crippen molar-refractivity contribution in [3.8, 4) is 0 Å². The Morgan fingerprint density at radius 1 is 1.65 bits per heavy atom. The third-order valence-corrected chi connectivity index (χ3v) is 2.71. The fraction of sp³-hybridized carbons (Fsp3) is 0.636. The Morgan fingerprint density at radius 2 is 2.53 bits per heavy atom. The van der Waals surface area contributed by atoms with Gasteiger partial charge < -0.3 is 20.1 Å². The number of hydrogen-bond acceptors (Lipinski definition) is 6. The van der Waals surface area contributed by atoms with Crippen LogP contribution in [0.25, 0.3) is 0 Å². The Morgan fingerprint density at radius 3 is 3.29 bits per heavy atom. The molecule has 6 heteroatoms. The monoisotopic (exact) mass is 238 g/mol. The van der Waals surface area contributed by atoms with E-state index in [0.29, 0.717) is 19.2 Å². The van der Waals surface area contributed by atoms with E-state index in [1.165, 1.54) is 0 Å². The summed E-state index contributed by atoms with van der Waals surface area (Å²) in [4.78, 5) is 10.6. The van der Waals surface area contributed by atoms with Crippen LogP contribution in [0.4, 0.5) is 11.8 Å². The lowest BCUT2D eigenvalue weighted by molar-refractivity contribution is 0.0723. The molecule has 0 aliphatic carbocycles. The van der Waals surface area contributed by atoms with Gasteiger partial charge in [-0.2, -0.15) is 4.98 Å². The van der Waals surface area contributed by atoms with Crippen LogP contribution in [0.1, 0.15) is 6.92 Å². The third kappa shape index (κ3) is 2.83. The van der Waals surface area contributed by atoms with E-state index in [1.54, 1.807) is 6.20 Å². The molecular weight excluding hydrogens is 220 g/mol. The number of morpholine rings is 1. The maximum atomic E-state index is 9.31. The largest absolute Gasteiger partial charge is 0.394 e. The standard InChI is InChI=1S/C11H18N4O2/c1-2-12-11-13-4-3-10(14-11)15-5-6-17-8-9(15)7-16/h3-4,9,16H,2,5-8H2,1H3,(H,12,13,14). The smallest absolute Gasteiger partial charge is 0.224 e. The van der Waals surface area contributed by atoms with Crippen molar-refractivity contribution in [2.75, 3.05) is 43.1 Å². The minimum Gasteiger partial charge on any atom is -0.394 e. The number of aliphatic hydroxyl groups excluding tert-OH is 1. The molecule has 0 saturated carbocycles. The molecule has 2 N–H and O–H groups in total. The molecule has 1 saturated heterocycles. The van der Waals surface area contributed by atoms with Gasteiger partial charge in [-0.1, -0.05) is 0 Å². The molecule has 1 unspecified atom stereocenters. The zero-order valence-electron chi connectivity index (χ0n) is 9.96. The highest BCUT2D eigenvalue weighted by Gasteiger charge is 2.23. The number of hydrogen-bond donors (Lipinski definition) is 2. The molecule has 0 spiro atoms. The van der Waals surface area contributed by atoms with E-state index < -0.39 is 0 Å². The van der Waals surface area contributed by atoms with E-state index in [1.807, 2.05) is 13.0 Å². The van der Waals surface area contributed by atoms with Crippen LogP contribution in [0, 0.1) is 0 Å². The first-order valence-corrected chi connectivity index (χ1v) is 5.87. The van der Waals surface area contributed by atoms with Gasteiger partial charge in [0.05, 0.1) is 25.9 Å². The van der Waals surface area contributed by atoms with E-state index in [0.717, 1.165) is 18.9 Å². The van der Waals surface area contributed by atoms with Gasteiger partial charge in [0.2, 0.25) is 5.95 Å². The van der Waals surface area contributed by atoms with Crippen molar-refractivity contribution in [2.45, 2.75) is 13.0 Å². The minimum absolute atomic E-state index is 0.0203. The molecule has 1 aliphatic heterocycles. The normalized spacial score (nSPS) is 20.4. The Bertz CT molecular complexity index is 361. The van der Waals surface area contributed by atoms with Crippen LogP contribution in [0.5, 0.6) is 0 Å². The van der Waals surface area contributed by atoms with E-state index in [9.17, 15) is 5.11 Å². The highest BCUT2D eigenvalue weighted by Crippen LogP contribution is 2.17. The van der Waals surface area contributed by atoms with Crippen molar-refractivity contribution < 1.29 is 9.84 Å². The topological polar surface area (TPSA) is 70.5 Å². The van der Waals surface area contributed by atoms with E-state index in [2.05, 4.69) is 20.2 Å². The molecule has 17 heavy (non-hydrogen) atoms. The average molecular weight is 238 g/mol. The van der Waals surface area contributed by atoms with Crippen molar-refractivity contribution in [3.63, 3.8) is 0 Å². The van der Waals surface area contributed by atoms with Gasteiger partial charge in [0.15, 0.2) is 0 Å². The van der Waals surface area contributed by atoms with E-state index in [4.69, 9.17) is 4.74 Å². The van der Waals surface area contributed by atoms with Crippen LogP contribution in [0.3, 0.4) is 0 Å². The zero-order valence-corrected chi connectivity index (χ0v) is 9.96. The summed E-state index contributed by atoms with van der Waals surface area (Å²) in [5.74, 6) is 1.45. The van der Waals surface area contributed by atoms with Gasteiger partial charge in [-0.3, -0.25) is 0 Å². The van der Waals surface area contributed by atoms with Gasteiger partial charge in [0, 0.05) is 19.3 Å². The molecule has 0 bridgehead atoms. The molecule has 1 aromatic rings. The van der Waals surface area contributed by atoms with Crippen LogP contribution < -0.4 is 10.2 Å². The maximum Gasteiger partial charge on any atom is 0.224 e. The van der Waals surface area contributed by atoms with Gasteiger partial charge in [0.1, 0.15) is 5.82 Å². The fourth-order valence-electron chi connectivity index (χ4n) is 1.86. The summed E-state index contributed by atoms with van der Waals surface area (Å²) in [5, 5.41) is 12.4.